The summed E-state index contributed by atoms with van der Waals surface area (Å²) in [7, 11) is 0. The number of hydrogen-bond donors (Lipinski definition) is 1. The lowest BCUT2D eigenvalue weighted by Crippen LogP contribution is -2.21. The number of unbranched alkanes of at least 4 members (excludes halogenated alkanes) is 7. The molecule has 4 N–H and O–H groups in total. The van der Waals surface area contributed by atoms with Gasteiger partial charge in [-0.3, -0.25) is 0 Å². The maximum Gasteiger partial charge on any atom is 0.0414 e. The van der Waals surface area contributed by atoms with Crippen molar-refractivity contribution in [1.82, 2.24) is 6.15 Å². The van der Waals surface area contributed by atoms with Gasteiger partial charge in [-0.15, -0.1) is 0 Å². The van der Waals surface area contributed by atoms with Crippen molar-refractivity contribution in [3.63, 3.8) is 0 Å². The van der Waals surface area contributed by atoms with Crippen LogP contribution in [0.3, 0.4) is 0 Å². The summed E-state index contributed by atoms with van der Waals surface area (Å²) in [6.07, 6.45) is 15.2. The molecule has 0 aromatic rings. The van der Waals surface area contributed by atoms with Gasteiger partial charge in [-0.2, -0.15) is 0 Å². The molecule has 0 heterocycles. The standard InChI is InChI=1S/C18H36O2.H3N/c1-4-18(5-2,6-3)16-14-12-10-8-7-9-11-13-15-17(19)20;/h4-16H2,1-3H3,(H,19,20);1H3. The van der Waals surface area contributed by atoms with Gasteiger partial charge in [-0.05, 0) is 24.7 Å². The minimum absolute atomic E-state index is 0. The summed E-state index contributed by atoms with van der Waals surface area (Å²) in [5.74, 6) is -0.906. The van der Waals surface area contributed by atoms with Crippen molar-refractivity contribution >= 4 is 5.97 Å². The molecule has 0 rings (SSSR count). The molecule has 21 heavy (non-hydrogen) atoms. The first-order valence-electron chi connectivity index (χ1n) is 8.80. The van der Waals surface area contributed by atoms with Gasteiger partial charge in [0.15, 0.2) is 0 Å². The van der Waals surface area contributed by atoms with Crippen LogP contribution in [0.5, 0.6) is 0 Å². The number of carboxylic acids is 1. The highest BCUT2D eigenvalue weighted by Gasteiger charge is 2.22. The molecule has 0 aliphatic rings. The average Bonchev–Trinajstić information content (AvgIpc) is 2.45. The molecule has 128 valence electrons. The predicted octanol–water partition coefficient (Wildman–Crippen LogP) is 5.23. The van der Waals surface area contributed by atoms with Crippen molar-refractivity contribution in [1.29, 1.82) is 0 Å². The fourth-order valence-electron chi connectivity index (χ4n) is 3.11. The van der Waals surface area contributed by atoms with Gasteiger partial charge in [0.05, 0.1) is 0 Å². The molecule has 0 saturated heterocycles. The summed E-state index contributed by atoms with van der Waals surface area (Å²) in [4.78, 5) is 10.3. The number of rotatable bonds is 14. The number of carboxylic acid groups (broad SMARTS) is 1. The van der Waals surface area contributed by atoms with Crippen LogP contribution in [0.1, 0.15) is 104 Å². The Balaban J connectivity index is 0. The van der Waals surface area contributed by atoms with Gasteiger partial charge < -0.3 is 16.1 Å². The maximum atomic E-state index is 10.3. The number of carbonyl (C=O) groups is 1. The van der Waals surface area contributed by atoms with E-state index in [0.29, 0.717) is 5.41 Å². The van der Waals surface area contributed by atoms with Gasteiger partial charge in [-0.25, -0.2) is 0 Å². The molecule has 0 bridgehead atoms. The summed E-state index contributed by atoms with van der Waals surface area (Å²) in [6.45, 7) is 7.00. The Morgan fingerprint density at radius 3 is 1.52 bits per heavy atom. The summed E-state index contributed by atoms with van der Waals surface area (Å²) >= 11 is 0. The van der Waals surface area contributed by atoms with E-state index >= 15 is 0 Å². The molecular weight excluding hydrogens is 262 g/mol. The fraction of sp³-hybridized carbons (Fsp3) is 0.944. The Morgan fingerprint density at radius 2 is 1.14 bits per heavy atom. The molecule has 3 heteroatoms. The minimum Gasteiger partial charge on any atom is -0.550 e. The van der Waals surface area contributed by atoms with Crippen molar-refractivity contribution in [3.8, 4) is 0 Å². The summed E-state index contributed by atoms with van der Waals surface area (Å²) < 4.78 is 0. The van der Waals surface area contributed by atoms with Crippen LogP contribution in [0.15, 0.2) is 0 Å². The van der Waals surface area contributed by atoms with E-state index in [-0.39, 0.29) is 12.6 Å². The third-order valence-corrected chi connectivity index (χ3v) is 5.09. The van der Waals surface area contributed by atoms with Crippen LogP contribution in [0.2, 0.25) is 0 Å². The van der Waals surface area contributed by atoms with Crippen molar-refractivity contribution in [3.05, 3.63) is 0 Å². The molecule has 0 radical (unpaired) electrons. The van der Waals surface area contributed by atoms with Crippen LogP contribution in [0.25, 0.3) is 0 Å². The first kappa shape index (κ1) is 22.7. The van der Waals surface area contributed by atoms with E-state index in [0.717, 1.165) is 12.8 Å². The van der Waals surface area contributed by atoms with Crippen LogP contribution < -0.4 is 11.3 Å². The molecule has 3 nitrogen and oxygen atoms in total. The van der Waals surface area contributed by atoms with Gasteiger partial charge in [0.25, 0.3) is 0 Å². The van der Waals surface area contributed by atoms with Crippen molar-refractivity contribution in [2.75, 3.05) is 0 Å². The first-order chi connectivity index (χ1) is 9.60. The van der Waals surface area contributed by atoms with E-state index in [1.807, 2.05) is 0 Å². The lowest BCUT2D eigenvalue weighted by atomic mass is 9.75. The largest absolute Gasteiger partial charge is 0.550 e. The highest BCUT2D eigenvalue weighted by molar-refractivity contribution is 5.63. The van der Waals surface area contributed by atoms with E-state index in [1.165, 1.54) is 64.2 Å². The molecule has 0 spiro atoms. The van der Waals surface area contributed by atoms with E-state index in [4.69, 9.17) is 0 Å². The Labute approximate surface area is 132 Å². The van der Waals surface area contributed by atoms with Gasteiger partial charge in [-0.1, -0.05) is 85.0 Å². The Hall–Kier alpha value is -0.570. The lowest BCUT2D eigenvalue weighted by Gasteiger charge is -2.30. The van der Waals surface area contributed by atoms with Crippen LogP contribution in [-0.2, 0) is 4.79 Å². The van der Waals surface area contributed by atoms with Crippen molar-refractivity contribution in [2.24, 2.45) is 5.41 Å². The van der Waals surface area contributed by atoms with Crippen molar-refractivity contribution in [2.45, 2.75) is 104 Å². The van der Waals surface area contributed by atoms with Crippen molar-refractivity contribution < 1.29 is 9.90 Å². The monoisotopic (exact) mass is 301 g/mol. The molecule has 0 unspecified atom stereocenters. The van der Waals surface area contributed by atoms with Crippen LogP contribution in [0.4, 0.5) is 0 Å². The number of quaternary nitrogens is 1. The number of hydrogen-bond acceptors (Lipinski definition) is 2. The van der Waals surface area contributed by atoms with Gasteiger partial charge >= 0.3 is 0 Å². The third-order valence-electron chi connectivity index (χ3n) is 5.09. The molecule has 0 aromatic heterocycles. The topological polar surface area (TPSA) is 76.6 Å². The SMILES string of the molecule is CCC(CC)(CC)CCCCCCCCCCC(=O)[O-].[NH4+]. The lowest BCUT2D eigenvalue weighted by molar-refractivity contribution is -0.305. The van der Waals surface area contributed by atoms with E-state index in [1.54, 1.807) is 0 Å². The summed E-state index contributed by atoms with van der Waals surface area (Å²) in [6, 6.07) is 0. The smallest absolute Gasteiger partial charge is 0.0414 e. The normalized spacial score (nSPS) is 11.2. The summed E-state index contributed by atoms with van der Waals surface area (Å²) in [5.41, 5.74) is 0.602. The fourth-order valence-corrected chi connectivity index (χ4v) is 3.11. The van der Waals surface area contributed by atoms with Gasteiger partial charge in [0, 0.05) is 5.97 Å². The molecule has 0 aliphatic heterocycles. The second-order valence-corrected chi connectivity index (χ2v) is 6.26. The van der Waals surface area contributed by atoms with E-state index in [2.05, 4.69) is 20.8 Å². The quantitative estimate of drug-likeness (QED) is 0.446. The van der Waals surface area contributed by atoms with Crippen LogP contribution in [-0.4, -0.2) is 5.97 Å². The molecule has 0 amide bonds. The predicted molar refractivity (Wildman–Crippen MR) is 90.5 cm³/mol. The van der Waals surface area contributed by atoms with Crippen LogP contribution in [0, 0.1) is 5.41 Å². The van der Waals surface area contributed by atoms with E-state index in [9.17, 15) is 9.90 Å². The second kappa shape index (κ2) is 14.4. The van der Waals surface area contributed by atoms with Gasteiger partial charge in [0.2, 0.25) is 0 Å². The average molecular weight is 302 g/mol. The Morgan fingerprint density at radius 1 is 0.762 bits per heavy atom. The van der Waals surface area contributed by atoms with Crippen LogP contribution >= 0.6 is 0 Å². The summed E-state index contributed by atoms with van der Waals surface area (Å²) in [5, 5.41) is 10.3. The molecule has 0 atom stereocenters. The first-order valence-corrected chi connectivity index (χ1v) is 8.80. The Bertz CT molecular complexity index is 229. The number of carbonyl (C=O) groups excluding carboxylic acids is 1. The zero-order chi connectivity index (χ0) is 15.3. The highest BCUT2D eigenvalue weighted by atomic mass is 16.4. The third kappa shape index (κ3) is 11.7. The maximum absolute atomic E-state index is 10.3. The molecule has 0 aliphatic carbocycles. The molecular formula is C18H39NO2. The van der Waals surface area contributed by atoms with E-state index < -0.39 is 5.97 Å². The molecule has 0 saturated carbocycles. The molecule has 0 fully saturated rings. The zero-order valence-corrected chi connectivity index (χ0v) is 15.0. The van der Waals surface area contributed by atoms with Gasteiger partial charge in [0.1, 0.15) is 0 Å². The molecule has 0 aromatic carbocycles. The second-order valence-electron chi connectivity index (χ2n) is 6.26. The highest BCUT2D eigenvalue weighted by Crippen LogP contribution is 2.36. The Kier molecular flexibility index (Phi) is 15.5. The zero-order valence-electron chi connectivity index (χ0n) is 15.0. The minimum atomic E-state index is -0.906. The number of aliphatic carboxylic acids is 1.